The van der Waals surface area contributed by atoms with E-state index in [1.165, 1.54) is 0 Å². The first-order valence-corrected chi connectivity index (χ1v) is 7.32. The van der Waals surface area contributed by atoms with Gasteiger partial charge < -0.3 is 9.64 Å². The molecular formula is C15H16ClNO3. The van der Waals surface area contributed by atoms with Crippen LogP contribution in [0.15, 0.2) is 18.2 Å². The van der Waals surface area contributed by atoms with E-state index in [4.69, 9.17) is 16.3 Å². The number of hydrogen-bond donors (Lipinski definition) is 0. The number of anilines is 1. The Morgan fingerprint density at radius 1 is 1.35 bits per heavy atom. The molecule has 0 saturated carbocycles. The van der Waals surface area contributed by atoms with Crippen LogP contribution in [0.5, 0.6) is 0 Å². The molecule has 2 aliphatic rings. The first kappa shape index (κ1) is 13.6. The van der Waals surface area contributed by atoms with Crippen LogP contribution in [-0.2, 0) is 9.53 Å². The highest BCUT2D eigenvalue weighted by molar-refractivity contribution is 6.52. The lowest BCUT2D eigenvalue weighted by Crippen LogP contribution is -2.31. The Kier molecular flexibility index (Phi) is 3.76. The molecule has 1 amide bonds. The molecule has 0 spiro atoms. The van der Waals surface area contributed by atoms with Gasteiger partial charge in [-0.05, 0) is 43.9 Å². The molecule has 5 heteroatoms. The number of fused-ring (bicyclic) bond motifs is 1. The van der Waals surface area contributed by atoms with Gasteiger partial charge in [0.2, 0.25) is 0 Å². The number of carbonyl (C=O) groups excluding carboxylic acids is 2. The summed E-state index contributed by atoms with van der Waals surface area (Å²) in [5.41, 5.74) is 1.09. The monoisotopic (exact) mass is 293 g/mol. The zero-order chi connectivity index (χ0) is 14.1. The van der Waals surface area contributed by atoms with Crippen molar-refractivity contribution in [3.8, 4) is 0 Å². The van der Waals surface area contributed by atoms with Crippen molar-refractivity contribution in [2.24, 2.45) is 0 Å². The number of amides is 1. The first-order valence-electron chi connectivity index (χ1n) is 6.94. The van der Waals surface area contributed by atoms with Crippen LogP contribution in [0, 0.1) is 0 Å². The molecule has 1 saturated heterocycles. The number of nitrogens with zero attached hydrogens (tertiary/aromatic N) is 1. The number of ether oxygens (including phenoxy) is 1. The molecule has 2 heterocycles. The predicted octanol–water partition coefficient (Wildman–Crippen LogP) is 2.83. The van der Waals surface area contributed by atoms with Crippen molar-refractivity contribution in [1.29, 1.82) is 0 Å². The van der Waals surface area contributed by atoms with Crippen LogP contribution in [0.2, 0.25) is 5.02 Å². The van der Waals surface area contributed by atoms with Crippen molar-refractivity contribution in [3.63, 3.8) is 0 Å². The van der Waals surface area contributed by atoms with Gasteiger partial charge in [-0.25, -0.2) is 0 Å². The molecule has 106 valence electrons. The third kappa shape index (κ3) is 2.45. The molecule has 1 unspecified atom stereocenters. The number of hydrogen-bond acceptors (Lipinski definition) is 3. The van der Waals surface area contributed by atoms with Gasteiger partial charge in [-0.1, -0.05) is 11.6 Å². The second-order valence-electron chi connectivity index (χ2n) is 5.22. The molecule has 0 aromatic heterocycles. The van der Waals surface area contributed by atoms with E-state index in [0.29, 0.717) is 28.9 Å². The van der Waals surface area contributed by atoms with Gasteiger partial charge in [0, 0.05) is 18.2 Å². The zero-order valence-corrected chi connectivity index (χ0v) is 11.9. The largest absolute Gasteiger partial charge is 0.378 e. The molecule has 0 aliphatic carbocycles. The number of Topliss-reactive ketones (excluding diaryl/α,β-unsaturated/α-hetero) is 1. The van der Waals surface area contributed by atoms with Crippen LogP contribution >= 0.6 is 11.6 Å². The number of carbonyl (C=O) groups is 2. The van der Waals surface area contributed by atoms with Gasteiger partial charge in [0.25, 0.3) is 11.7 Å². The molecule has 2 aliphatic heterocycles. The summed E-state index contributed by atoms with van der Waals surface area (Å²) in [5, 5.41) is 0.478. The fourth-order valence-electron chi connectivity index (χ4n) is 2.84. The predicted molar refractivity (Wildman–Crippen MR) is 76.3 cm³/mol. The second-order valence-corrected chi connectivity index (χ2v) is 5.66. The van der Waals surface area contributed by atoms with E-state index in [9.17, 15) is 9.59 Å². The Morgan fingerprint density at radius 3 is 2.95 bits per heavy atom. The minimum Gasteiger partial charge on any atom is -0.378 e. The normalized spacial score (nSPS) is 21.6. The van der Waals surface area contributed by atoms with Crippen molar-refractivity contribution in [2.75, 3.05) is 18.1 Å². The maximum atomic E-state index is 12.0. The maximum Gasteiger partial charge on any atom is 0.299 e. The highest BCUT2D eigenvalue weighted by atomic mass is 35.5. The molecule has 3 rings (SSSR count). The highest BCUT2D eigenvalue weighted by Gasteiger charge is 2.35. The van der Waals surface area contributed by atoms with Crippen LogP contribution in [0.4, 0.5) is 5.69 Å². The van der Waals surface area contributed by atoms with Gasteiger partial charge in [0.1, 0.15) is 0 Å². The van der Waals surface area contributed by atoms with Gasteiger partial charge in [0.05, 0.1) is 17.4 Å². The Labute approximate surface area is 122 Å². The molecule has 4 nitrogen and oxygen atoms in total. The van der Waals surface area contributed by atoms with Crippen molar-refractivity contribution < 1.29 is 14.3 Å². The number of halogens is 1. The average Bonchev–Trinajstić information content (AvgIpc) is 3.02. The van der Waals surface area contributed by atoms with Crippen molar-refractivity contribution in [2.45, 2.75) is 31.8 Å². The van der Waals surface area contributed by atoms with E-state index in [1.54, 1.807) is 23.1 Å². The Bertz CT molecular complexity index is 552. The number of ketones is 1. The lowest BCUT2D eigenvalue weighted by molar-refractivity contribution is -0.114. The topological polar surface area (TPSA) is 46.6 Å². The Morgan fingerprint density at radius 2 is 2.20 bits per heavy atom. The summed E-state index contributed by atoms with van der Waals surface area (Å²) < 4.78 is 5.56. The zero-order valence-electron chi connectivity index (χ0n) is 11.1. The van der Waals surface area contributed by atoms with Crippen LogP contribution in [0.25, 0.3) is 0 Å². The van der Waals surface area contributed by atoms with Crippen molar-refractivity contribution in [3.05, 3.63) is 28.8 Å². The Balaban J connectivity index is 1.67. The molecule has 1 atom stereocenters. The summed E-state index contributed by atoms with van der Waals surface area (Å²) in [7, 11) is 0. The van der Waals surface area contributed by atoms with E-state index in [2.05, 4.69) is 0 Å². The maximum absolute atomic E-state index is 12.0. The van der Waals surface area contributed by atoms with Gasteiger partial charge in [-0.3, -0.25) is 9.59 Å². The highest BCUT2D eigenvalue weighted by Crippen LogP contribution is 2.31. The van der Waals surface area contributed by atoms with Crippen molar-refractivity contribution >= 4 is 29.0 Å². The summed E-state index contributed by atoms with van der Waals surface area (Å²) in [6.45, 7) is 1.40. The van der Waals surface area contributed by atoms with Gasteiger partial charge in [-0.2, -0.15) is 0 Å². The molecule has 1 aromatic rings. The average molecular weight is 294 g/mol. The van der Waals surface area contributed by atoms with Gasteiger partial charge in [-0.15, -0.1) is 0 Å². The van der Waals surface area contributed by atoms with Crippen LogP contribution < -0.4 is 4.90 Å². The molecule has 0 bridgehead atoms. The van der Waals surface area contributed by atoms with Crippen LogP contribution in [-0.4, -0.2) is 30.9 Å². The summed E-state index contributed by atoms with van der Waals surface area (Å²) >= 11 is 5.88. The molecular weight excluding hydrogens is 278 g/mol. The van der Waals surface area contributed by atoms with E-state index in [1.807, 2.05) is 0 Å². The minimum absolute atomic E-state index is 0.313. The summed E-state index contributed by atoms with van der Waals surface area (Å²) in [6, 6.07) is 5.02. The molecule has 1 fully saturated rings. The fourth-order valence-corrected chi connectivity index (χ4v) is 3.02. The van der Waals surface area contributed by atoms with Crippen LogP contribution in [0.3, 0.4) is 0 Å². The van der Waals surface area contributed by atoms with Gasteiger partial charge >= 0.3 is 0 Å². The quantitative estimate of drug-likeness (QED) is 0.802. The van der Waals surface area contributed by atoms with Crippen molar-refractivity contribution in [1.82, 2.24) is 0 Å². The lowest BCUT2D eigenvalue weighted by Gasteiger charge is -2.17. The summed E-state index contributed by atoms with van der Waals surface area (Å²) in [5.74, 6) is -0.908. The lowest BCUT2D eigenvalue weighted by atomic mass is 10.1. The van der Waals surface area contributed by atoms with E-state index < -0.39 is 11.7 Å². The SMILES string of the molecule is O=C1C(=O)N(CCCC2CCCO2)c2ccc(Cl)cc21. The molecule has 0 radical (unpaired) electrons. The summed E-state index contributed by atoms with van der Waals surface area (Å²) in [4.78, 5) is 25.5. The Hall–Kier alpha value is -1.39. The number of benzene rings is 1. The number of rotatable bonds is 4. The second kappa shape index (κ2) is 5.54. The third-order valence-corrected chi connectivity index (χ3v) is 4.10. The van der Waals surface area contributed by atoms with Crippen LogP contribution in [0.1, 0.15) is 36.0 Å². The third-order valence-electron chi connectivity index (χ3n) is 3.87. The summed E-state index contributed by atoms with van der Waals surface area (Å²) in [6.07, 6.45) is 4.30. The standard InChI is InChI=1S/C15H16ClNO3/c16-10-5-6-13-12(9-10)14(18)15(19)17(13)7-1-3-11-4-2-8-20-11/h5-6,9,11H,1-4,7-8H2. The van der Waals surface area contributed by atoms with Gasteiger partial charge in [0.15, 0.2) is 0 Å². The minimum atomic E-state index is -0.459. The molecule has 1 aromatic carbocycles. The van der Waals surface area contributed by atoms with E-state index >= 15 is 0 Å². The van der Waals surface area contributed by atoms with E-state index in [-0.39, 0.29) is 0 Å². The smallest absolute Gasteiger partial charge is 0.299 e. The first-order chi connectivity index (χ1) is 9.66. The molecule has 20 heavy (non-hydrogen) atoms. The molecule has 0 N–H and O–H groups in total. The fraction of sp³-hybridized carbons (Fsp3) is 0.467. The van der Waals surface area contributed by atoms with E-state index in [0.717, 1.165) is 32.3 Å².